The van der Waals surface area contributed by atoms with Gasteiger partial charge in [-0.1, -0.05) is 0 Å². The minimum Gasteiger partial charge on any atom is -0.316 e. The molecule has 1 atom stereocenters. The molecule has 17 heavy (non-hydrogen) atoms. The first-order valence-electron chi connectivity index (χ1n) is 5.70. The van der Waals surface area contributed by atoms with Crippen LogP contribution in [0, 0.1) is 5.92 Å². The molecule has 1 heterocycles. The number of likely N-dealkylation sites (N-methyl/N-ethyl adjacent to an activating group) is 1. The average molecular weight is 244 g/mol. The Bertz CT molecular complexity index is 368. The van der Waals surface area contributed by atoms with Crippen molar-refractivity contribution in [3.63, 3.8) is 0 Å². The summed E-state index contributed by atoms with van der Waals surface area (Å²) in [6, 6.07) is 2.90. The maximum atomic E-state index is 12.3. The van der Waals surface area contributed by atoms with E-state index in [1.807, 2.05) is 7.05 Å². The fourth-order valence-electron chi connectivity index (χ4n) is 1.94. The van der Waals surface area contributed by atoms with Crippen molar-refractivity contribution in [3.05, 3.63) is 29.6 Å². The van der Waals surface area contributed by atoms with Crippen LogP contribution in [0.15, 0.2) is 18.3 Å². The number of rotatable bonds is 4. The van der Waals surface area contributed by atoms with Crippen molar-refractivity contribution >= 4 is 0 Å². The Morgan fingerprint density at radius 1 is 1.41 bits per heavy atom. The molecule has 0 aromatic carbocycles. The van der Waals surface area contributed by atoms with E-state index in [0.29, 0.717) is 24.1 Å². The molecule has 0 bridgehead atoms. The van der Waals surface area contributed by atoms with E-state index in [9.17, 15) is 13.2 Å². The molecular weight excluding hydrogens is 229 g/mol. The van der Waals surface area contributed by atoms with Gasteiger partial charge in [-0.05, 0) is 37.9 Å². The van der Waals surface area contributed by atoms with Crippen LogP contribution in [0.3, 0.4) is 0 Å². The number of nitrogens with one attached hydrogen (secondary N) is 1. The Balaban J connectivity index is 2.02. The van der Waals surface area contributed by atoms with Gasteiger partial charge in [0.25, 0.3) is 0 Å². The zero-order valence-corrected chi connectivity index (χ0v) is 9.59. The Morgan fingerprint density at radius 2 is 2.12 bits per heavy atom. The molecular formula is C12H15F3N2. The number of halogens is 3. The number of aromatic nitrogens is 1. The largest absolute Gasteiger partial charge is 0.417 e. The van der Waals surface area contributed by atoms with Gasteiger partial charge in [0.2, 0.25) is 0 Å². The van der Waals surface area contributed by atoms with Crippen LogP contribution in [0.1, 0.15) is 24.1 Å². The molecule has 0 amide bonds. The Labute approximate surface area is 98.2 Å². The zero-order chi connectivity index (χ0) is 12.5. The molecule has 2 nitrogen and oxygen atoms in total. The summed E-state index contributed by atoms with van der Waals surface area (Å²) in [6.07, 6.45) is -0.295. The van der Waals surface area contributed by atoms with Gasteiger partial charge >= 0.3 is 6.18 Å². The van der Waals surface area contributed by atoms with E-state index < -0.39 is 11.7 Å². The van der Waals surface area contributed by atoms with Crippen molar-refractivity contribution < 1.29 is 13.2 Å². The first-order valence-corrected chi connectivity index (χ1v) is 5.70. The summed E-state index contributed by atoms with van der Waals surface area (Å²) in [4.78, 5) is 3.88. The standard InChI is InChI=1S/C12H15F3N2/c1-16-11(8-2-3-8)6-10-5-4-9(7-17-10)12(13,14)15/h4-5,7-8,11,16H,2-3,6H2,1H3. The lowest BCUT2D eigenvalue weighted by Crippen LogP contribution is -2.30. The average Bonchev–Trinajstić information content (AvgIpc) is 3.09. The number of alkyl halides is 3. The zero-order valence-electron chi connectivity index (χ0n) is 9.59. The molecule has 1 aromatic heterocycles. The summed E-state index contributed by atoms with van der Waals surface area (Å²) in [5.41, 5.74) is 0.0259. The lowest BCUT2D eigenvalue weighted by atomic mass is 10.1. The first kappa shape index (κ1) is 12.4. The van der Waals surface area contributed by atoms with Gasteiger partial charge in [-0.25, -0.2) is 0 Å². The third-order valence-corrected chi connectivity index (χ3v) is 3.14. The van der Waals surface area contributed by atoms with Crippen LogP contribution in [0.5, 0.6) is 0 Å². The van der Waals surface area contributed by atoms with Crippen molar-refractivity contribution in [1.82, 2.24) is 10.3 Å². The van der Waals surface area contributed by atoms with Gasteiger partial charge in [0.1, 0.15) is 0 Å². The lowest BCUT2D eigenvalue weighted by Gasteiger charge is -2.15. The van der Waals surface area contributed by atoms with Crippen molar-refractivity contribution in [2.24, 2.45) is 5.92 Å². The van der Waals surface area contributed by atoms with Crippen molar-refractivity contribution in [2.45, 2.75) is 31.5 Å². The molecule has 0 spiro atoms. The highest BCUT2D eigenvalue weighted by Crippen LogP contribution is 2.34. The second kappa shape index (κ2) is 4.64. The first-order chi connectivity index (χ1) is 8.00. The maximum absolute atomic E-state index is 12.3. The summed E-state index contributed by atoms with van der Waals surface area (Å²) in [5.74, 6) is 0.657. The molecule has 2 rings (SSSR count). The number of hydrogen-bond donors (Lipinski definition) is 1. The van der Waals surface area contributed by atoms with E-state index in [-0.39, 0.29) is 0 Å². The van der Waals surface area contributed by atoms with Gasteiger partial charge in [0.15, 0.2) is 0 Å². The summed E-state index contributed by atoms with van der Waals surface area (Å²) in [5, 5.41) is 3.20. The molecule has 0 radical (unpaired) electrons. The van der Waals surface area contributed by atoms with Gasteiger partial charge in [-0.2, -0.15) is 13.2 Å². The number of pyridine rings is 1. The van der Waals surface area contributed by atoms with Crippen LogP contribution < -0.4 is 5.32 Å². The van der Waals surface area contributed by atoms with Crippen molar-refractivity contribution in [2.75, 3.05) is 7.05 Å². The van der Waals surface area contributed by atoms with E-state index in [1.165, 1.54) is 18.9 Å². The SMILES string of the molecule is CNC(Cc1ccc(C(F)(F)F)cn1)C1CC1. The second-order valence-electron chi connectivity index (χ2n) is 4.47. The van der Waals surface area contributed by atoms with Crippen LogP contribution in [-0.4, -0.2) is 18.1 Å². The minimum atomic E-state index is -4.30. The highest BCUT2D eigenvalue weighted by atomic mass is 19.4. The fraction of sp³-hybridized carbons (Fsp3) is 0.583. The van der Waals surface area contributed by atoms with Crippen LogP contribution in [0.25, 0.3) is 0 Å². The molecule has 1 saturated carbocycles. The predicted octanol–water partition coefficient (Wildman–Crippen LogP) is 2.64. The Hall–Kier alpha value is -1.10. The fourth-order valence-corrected chi connectivity index (χ4v) is 1.94. The van der Waals surface area contributed by atoms with Crippen LogP contribution in [0.4, 0.5) is 13.2 Å². The minimum absolute atomic E-state index is 0.333. The maximum Gasteiger partial charge on any atom is 0.417 e. The highest BCUT2D eigenvalue weighted by Gasteiger charge is 2.32. The molecule has 1 aliphatic rings. The topological polar surface area (TPSA) is 24.9 Å². The van der Waals surface area contributed by atoms with Crippen LogP contribution >= 0.6 is 0 Å². The number of nitrogens with zero attached hydrogens (tertiary/aromatic N) is 1. The third-order valence-electron chi connectivity index (χ3n) is 3.14. The van der Waals surface area contributed by atoms with E-state index in [2.05, 4.69) is 10.3 Å². The van der Waals surface area contributed by atoms with E-state index in [1.54, 1.807) is 0 Å². The van der Waals surface area contributed by atoms with Gasteiger partial charge < -0.3 is 5.32 Å². The molecule has 1 aromatic rings. The second-order valence-corrected chi connectivity index (χ2v) is 4.47. The van der Waals surface area contributed by atoms with Crippen LogP contribution in [0.2, 0.25) is 0 Å². The molecule has 0 aliphatic heterocycles. The Kier molecular flexibility index (Phi) is 3.38. The monoisotopic (exact) mass is 244 g/mol. The Morgan fingerprint density at radius 3 is 2.53 bits per heavy atom. The molecule has 1 N–H and O–H groups in total. The highest BCUT2D eigenvalue weighted by molar-refractivity contribution is 5.17. The molecule has 1 fully saturated rings. The molecule has 94 valence electrons. The van der Waals surface area contributed by atoms with Gasteiger partial charge in [-0.3, -0.25) is 4.98 Å². The smallest absolute Gasteiger partial charge is 0.316 e. The lowest BCUT2D eigenvalue weighted by molar-refractivity contribution is -0.137. The molecule has 5 heteroatoms. The van der Waals surface area contributed by atoms with Crippen LogP contribution in [-0.2, 0) is 12.6 Å². The van der Waals surface area contributed by atoms with Gasteiger partial charge in [-0.15, -0.1) is 0 Å². The number of hydrogen-bond acceptors (Lipinski definition) is 2. The van der Waals surface area contributed by atoms with Crippen molar-refractivity contribution in [1.29, 1.82) is 0 Å². The van der Waals surface area contributed by atoms with E-state index in [0.717, 1.165) is 12.3 Å². The normalized spacial score (nSPS) is 18.1. The summed E-state index contributed by atoms with van der Waals surface area (Å²) in [6.45, 7) is 0. The predicted molar refractivity (Wildman–Crippen MR) is 58.5 cm³/mol. The van der Waals surface area contributed by atoms with Gasteiger partial charge in [0, 0.05) is 24.4 Å². The summed E-state index contributed by atoms with van der Waals surface area (Å²) < 4.78 is 37.0. The quantitative estimate of drug-likeness (QED) is 0.880. The molecule has 1 unspecified atom stereocenters. The van der Waals surface area contributed by atoms with Gasteiger partial charge in [0.05, 0.1) is 5.56 Å². The molecule has 1 aliphatic carbocycles. The van der Waals surface area contributed by atoms with E-state index in [4.69, 9.17) is 0 Å². The third kappa shape index (κ3) is 3.19. The molecule has 0 saturated heterocycles. The van der Waals surface area contributed by atoms with Crippen molar-refractivity contribution in [3.8, 4) is 0 Å². The summed E-state index contributed by atoms with van der Waals surface area (Å²) in [7, 11) is 1.88. The van der Waals surface area contributed by atoms with E-state index >= 15 is 0 Å². The summed E-state index contributed by atoms with van der Waals surface area (Å²) >= 11 is 0.